The number of piperidine rings is 1. The van der Waals surface area contributed by atoms with E-state index in [1.54, 1.807) is 11.3 Å². The molecule has 112 valence electrons. The zero-order valence-electron chi connectivity index (χ0n) is 12.2. The van der Waals surface area contributed by atoms with Crippen LogP contribution in [0.15, 0.2) is 17.5 Å². The Hall–Kier alpha value is -0.910. The first-order chi connectivity index (χ1) is 9.78. The normalized spacial score (nSPS) is 19.2. The summed E-state index contributed by atoms with van der Waals surface area (Å²) < 4.78 is 0. The second kappa shape index (κ2) is 8.39. The summed E-state index contributed by atoms with van der Waals surface area (Å²) in [4.78, 5) is 15.4. The second-order valence-corrected chi connectivity index (χ2v) is 6.43. The van der Waals surface area contributed by atoms with Gasteiger partial charge in [-0.3, -0.25) is 9.69 Å². The molecule has 0 saturated carbocycles. The Morgan fingerprint density at radius 2 is 2.50 bits per heavy atom. The molecular formula is C15H25N3OS. The fourth-order valence-electron chi connectivity index (χ4n) is 2.61. The van der Waals surface area contributed by atoms with Gasteiger partial charge in [0.25, 0.3) is 0 Å². The van der Waals surface area contributed by atoms with Crippen molar-refractivity contribution in [2.45, 2.75) is 26.3 Å². The lowest BCUT2D eigenvalue weighted by molar-refractivity contribution is -0.122. The maximum absolute atomic E-state index is 12.0. The van der Waals surface area contributed by atoms with Crippen LogP contribution in [0.5, 0.6) is 0 Å². The summed E-state index contributed by atoms with van der Waals surface area (Å²) in [6.45, 7) is 7.48. The molecule has 2 rings (SSSR count). The van der Waals surface area contributed by atoms with Gasteiger partial charge in [-0.15, -0.1) is 11.3 Å². The van der Waals surface area contributed by atoms with Crippen LogP contribution in [0.1, 0.15) is 24.6 Å². The third-order valence-corrected chi connectivity index (χ3v) is 4.65. The molecule has 1 atom stereocenters. The van der Waals surface area contributed by atoms with Crippen molar-refractivity contribution in [3.63, 3.8) is 0 Å². The van der Waals surface area contributed by atoms with Gasteiger partial charge in [0.05, 0.1) is 13.1 Å². The number of thiophene rings is 1. The van der Waals surface area contributed by atoms with E-state index in [1.165, 1.54) is 17.7 Å². The molecule has 2 heterocycles. The van der Waals surface area contributed by atoms with E-state index in [1.807, 2.05) is 11.4 Å². The summed E-state index contributed by atoms with van der Waals surface area (Å²) in [5.74, 6) is 0.817. The summed E-state index contributed by atoms with van der Waals surface area (Å²) in [5, 5.41) is 8.47. The number of carbonyl (C=O) groups is 1. The van der Waals surface area contributed by atoms with E-state index in [-0.39, 0.29) is 5.91 Å². The van der Waals surface area contributed by atoms with Gasteiger partial charge in [-0.1, -0.05) is 13.0 Å². The minimum absolute atomic E-state index is 0.129. The molecule has 20 heavy (non-hydrogen) atoms. The van der Waals surface area contributed by atoms with Crippen molar-refractivity contribution in [2.24, 2.45) is 5.92 Å². The van der Waals surface area contributed by atoms with Crippen LogP contribution in [0.3, 0.4) is 0 Å². The summed E-state index contributed by atoms with van der Waals surface area (Å²) in [6, 6.07) is 4.07. The highest BCUT2D eigenvalue weighted by Crippen LogP contribution is 2.11. The Bertz CT molecular complexity index is 388. The standard InChI is InChI=1S/C15H25N3OS/c1-2-18(11-13-5-3-7-16-9-13)12-15(19)17-10-14-6-4-8-20-14/h4,6,8,13,16H,2-3,5,7,9-12H2,1H3,(H,17,19). The number of rotatable bonds is 7. The largest absolute Gasteiger partial charge is 0.350 e. The Morgan fingerprint density at radius 1 is 1.60 bits per heavy atom. The van der Waals surface area contributed by atoms with Crippen molar-refractivity contribution in [3.8, 4) is 0 Å². The Labute approximate surface area is 125 Å². The van der Waals surface area contributed by atoms with Crippen molar-refractivity contribution in [1.82, 2.24) is 15.5 Å². The molecule has 0 spiro atoms. The van der Waals surface area contributed by atoms with E-state index in [4.69, 9.17) is 0 Å². The first kappa shape index (κ1) is 15.5. The summed E-state index contributed by atoms with van der Waals surface area (Å²) >= 11 is 1.68. The third-order valence-electron chi connectivity index (χ3n) is 3.77. The van der Waals surface area contributed by atoms with Crippen LogP contribution in [0.2, 0.25) is 0 Å². The first-order valence-electron chi connectivity index (χ1n) is 7.50. The number of amides is 1. The van der Waals surface area contributed by atoms with Gasteiger partial charge in [-0.2, -0.15) is 0 Å². The van der Waals surface area contributed by atoms with Crippen LogP contribution in [0, 0.1) is 5.92 Å². The van der Waals surface area contributed by atoms with Crippen LogP contribution in [-0.4, -0.2) is 43.5 Å². The van der Waals surface area contributed by atoms with Gasteiger partial charge >= 0.3 is 0 Å². The van der Waals surface area contributed by atoms with E-state index in [9.17, 15) is 4.79 Å². The second-order valence-electron chi connectivity index (χ2n) is 5.40. The molecule has 1 amide bonds. The monoisotopic (exact) mass is 295 g/mol. The maximum Gasteiger partial charge on any atom is 0.234 e. The van der Waals surface area contributed by atoms with E-state index in [0.717, 1.165) is 26.2 Å². The molecule has 1 aliphatic heterocycles. The van der Waals surface area contributed by atoms with Crippen molar-refractivity contribution >= 4 is 17.2 Å². The van der Waals surface area contributed by atoms with Gasteiger partial charge in [0.15, 0.2) is 0 Å². The Kier molecular flexibility index (Phi) is 6.50. The molecule has 1 unspecified atom stereocenters. The number of nitrogens with zero attached hydrogens (tertiary/aromatic N) is 1. The molecule has 2 N–H and O–H groups in total. The summed E-state index contributed by atoms with van der Waals surface area (Å²) in [6.07, 6.45) is 2.53. The SMILES string of the molecule is CCN(CC(=O)NCc1cccs1)CC1CCCNC1. The zero-order valence-corrected chi connectivity index (χ0v) is 13.0. The lowest BCUT2D eigenvalue weighted by atomic mass is 9.99. The van der Waals surface area contributed by atoms with E-state index >= 15 is 0 Å². The predicted octanol–water partition coefficient (Wildman–Crippen LogP) is 1.69. The van der Waals surface area contributed by atoms with Gasteiger partial charge in [-0.05, 0) is 49.8 Å². The number of nitrogens with one attached hydrogen (secondary N) is 2. The van der Waals surface area contributed by atoms with Crippen molar-refractivity contribution in [3.05, 3.63) is 22.4 Å². The van der Waals surface area contributed by atoms with Crippen LogP contribution in [0.4, 0.5) is 0 Å². The van der Waals surface area contributed by atoms with E-state index < -0.39 is 0 Å². The predicted molar refractivity (Wildman–Crippen MR) is 83.9 cm³/mol. The number of carbonyl (C=O) groups excluding carboxylic acids is 1. The average Bonchev–Trinajstić information content (AvgIpc) is 2.99. The number of hydrogen-bond acceptors (Lipinski definition) is 4. The highest BCUT2D eigenvalue weighted by Gasteiger charge is 2.17. The molecule has 0 aliphatic carbocycles. The smallest absolute Gasteiger partial charge is 0.234 e. The first-order valence-corrected chi connectivity index (χ1v) is 8.38. The van der Waals surface area contributed by atoms with Gasteiger partial charge in [0.2, 0.25) is 5.91 Å². The van der Waals surface area contributed by atoms with Crippen molar-refractivity contribution in [2.75, 3.05) is 32.7 Å². The molecule has 1 fully saturated rings. The van der Waals surface area contributed by atoms with Crippen LogP contribution in [0.25, 0.3) is 0 Å². The maximum atomic E-state index is 12.0. The molecule has 5 heteroatoms. The van der Waals surface area contributed by atoms with E-state index in [0.29, 0.717) is 19.0 Å². The lowest BCUT2D eigenvalue weighted by Crippen LogP contribution is -2.42. The van der Waals surface area contributed by atoms with Crippen LogP contribution >= 0.6 is 11.3 Å². The molecular weight excluding hydrogens is 270 g/mol. The zero-order chi connectivity index (χ0) is 14.2. The number of likely N-dealkylation sites (N-methyl/N-ethyl adjacent to an activating group) is 1. The fraction of sp³-hybridized carbons (Fsp3) is 0.667. The van der Waals surface area contributed by atoms with Crippen LogP contribution < -0.4 is 10.6 Å². The van der Waals surface area contributed by atoms with Gasteiger partial charge in [0, 0.05) is 11.4 Å². The molecule has 1 aromatic heterocycles. The Morgan fingerprint density at radius 3 is 3.15 bits per heavy atom. The molecule has 1 aliphatic rings. The molecule has 1 saturated heterocycles. The topological polar surface area (TPSA) is 44.4 Å². The summed E-state index contributed by atoms with van der Waals surface area (Å²) in [5.41, 5.74) is 0. The van der Waals surface area contributed by atoms with Gasteiger partial charge < -0.3 is 10.6 Å². The molecule has 0 bridgehead atoms. The highest BCUT2D eigenvalue weighted by molar-refractivity contribution is 7.09. The summed E-state index contributed by atoms with van der Waals surface area (Å²) in [7, 11) is 0. The van der Waals surface area contributed by atoms with Crippen molar-refractivity contribution < 1.29 is 4.79 Å². The molecule has 0 aromatic carbocycles. The van der Waals surface area contributed by atoms with Crippen molar-refractivity contribution in [1.29, 1.82) is 0 Å². The molecule has 4 nitrogen and oxygen atoms in total. The highest BCUT2D eigenvalue weighted by atomic mass is 32.1. The van der Waals surface area contributed by atoms with Gasteiger partial charge in [0.1, 0.15) is 0 Å². The minimum Gasteiger partial charge on any atom is -0.350 e. The van der Waals surface area contributed by atoms with Crippen LogP contribution in [-0.2, 0) is 11.3 Å². The average molecular weight is 295 g/mol. The third kappa shape index (κ3) is 5.23. The Balaban J connectivity index is 1.69. The fourth-order valence-corrected chi connectivity index (χ4v) is 3.25. The van der Waals surface area contributed by atoms with E-state index in [2.05, 4.69) is 28.5 Å². The molecule has 0 radical (unpaired) electrons. The molecule has 1 aromatic rings. The number of hydrogen-bond donors (Lipinski definition) is 2. The quantitative estimate of drug-likeness (QED) is 0.804. The minimum atomic E-state index is 0.129. The van der Waals surface area contributed by atoms with Gasteiger partial charge in [-0.25, -0.2) is 0 Å². The lowest BCUT2D eigenvalue weighted by Gasteiger charge is -2.29.